The zero-order valence-corrected chi connectivity index (χ0v) is 9.84. The Morgan fingerprint density at radius 3 is 2.94 bits per heavy atom. The number of nitrogens with zero attached hydrogens (tertiary/aromatic N) is 1. The minimum absolute atomic E-state index is 0.189. The van der Waals surface area contributed by atoms with Gasteiger partial charge < -0.3 is 9.15 Å². The van der Waals surface area contributed by atoms with Crippen molar-refractivity contribution in [1.82, 2.24) is 4.98 Å². The van der Waals surface area contributed by atoms with Crippen LogP contribution in [0.5, 0.6) is 0 Å². The molecule has 0 fully saturated rings. The van der Waals surface area contributed by atoms with Crippen LogP contribution in [0.25, 0.3) is 22.0 Å². The minimum atomic E-state index is -0.459. The molecule has 0 aliphatic carbocycles. The molecule has 2 heterocycles. The van der Waals surface area contributed by atoms with Crippen LogP contribution in [0.15, 0.2) is 40.8 Å². The molecule has 0 bridgehead atoms. The molecule has 0 aliphatic rings. The third-order valence-corrected chi connectivity index (χ3v) is 2.69. The molecule has 0 atom stereocenters. The summed E-state index contributed by atoms with van der Waals surface area (Å²) in [6, 6.07) is 11.3. The Hall–Kier alpha value is -2.36. The van der Waals surface area contributed by atoms with E-state index in [2.05, 4.69) is 4.98 Å². The monoisotopic (exact) mass is 241 g/mol. The van der Waals surface area contributed by atoms with Crippen LogP contribution in [0.1, 0.15) is 17.5 Å². The fraction of sp³-hybridized carbons (Fsp3) is 0.143. The van der Waals surface area contributed by atoms with Crippen molar-refractivity contribution in [2.75, 3.05) is 6.61 Å². The van der Waals surface area contributed by atoms with Gasteiger partial charge >= 0.3 is 5.97 Å². The molecule has 0 saturated carbocycles. The Kier molecular flexibility index (Phi) is 2.48. The zero-order valence-electron chi connectivity index (χ0n) is 9.84. The molecule has 0 aliphatic heterocycles. The summed E-state index contributed by atoms with van der Waals surface area (Å²) in [5.74, 6) is -0.269. The highest BCUT2D eigenvalue weighted by Gasteiger charge is 2.14. The number of hydrogen-bond acceptors (Lipinski definition) is 4. The molecule has 18 heavy (non-hydrogen) atoms. The highest BCUT2D eigenvalue weighted by molar-refractivity contribution is 5.95. The van der Waals surface area contributed by atoms with Crippen LogP contribution in [0, 0.1) is 0 Å². The second kappa shape index (κ2) is 4.14. The first-order valence-electron chi connectivity index (χ1n) is 5.74. The number of ether oxygens (including phenoxy) is 1. The third-order valence-electron chi connectivity index (χ3n) is 2.69. The number of rotatable bonds is 2. The fourth-order valence-corrected chi connectivity index (χ4v) is 1.88. The molecular formula is C14H11NO3. The molecule has 0 amide bonds. The molecule has 90 valence electrons. The van der Waals surface area contributed by atoms with Crippen molar-refractivity contribution >= 4 is 28.0 Å². The van der Waals surface area contributed by atoms with Gasteiger partial charge in [-0.15, -0.1) is 0 Å². The molecular weight excluding hydrogens is 230 g/mol. The number of carbonyl (C=O) groups excluding carboxylic acids is 1. The van der Waals surface area contributed by atoms with Gasteiger partial charge in [-0.25, -0.2) is 9.78 Å². The van der Waals surface area contributed by atoms with Gasteiger partial charge in [0, 0.05) is 16.8 Å². The molecule has 4 nitrogen and oxygen atoms in total. The van der Waals surface area contributed by atoms with Crippen LogP contribution in [-0.4, -0.2) is 17.6 Å². The molecule has 0 saturated heterocycles. The number of furan rings is 1. The van der Waals surface area contributed by atoms with Crippen LogP contribution in [-0.2, 0) is 4.74 Å². The predicted molar refractivity (Wildman–Crippen MR) is 67.5 cm³/mol. The largest absolute Gasteiger partial charge is 0.460 e. The number of esters is 1. The number of para-hydroxylation sites is 1. The van der Waals surface area contributed by atoms with Crippen molar-refractivity contribution in [1.29, 1.82) is 0 Å². The average Bonchev–Trinajstić information content (AvgIpc) is 2.79. The van der Waals surface area contributed by atoms with Crippen molar-refractivity contribution in [3.05, 3.63) is 42.2 Å². The minimum Gasteiger partial charge on any atom is -0.460 e. The topological polar surface area (TPSA) is 52.3 Å². The highest BCUT2D eigenvalue weighted by atomic mass is 16.5. The van der Waals surface area contributed by atoms with E-state index in [1.54, 1.807) is 13.0 Å². The van der Waals surface area contributed by atoms with Gasteiger partial charge in [0.1, 0.15) is 0 Å². The van der Waals surface area contributed by atoms with E-state index in [1.807, 2.05) is 30.3 Å². The molecule has 0 spiro atoms. The van der Waals surface area contributed by atoms with Crippen molar-refractivity contribution in [2.45, 2.75) is 6.92 Å². The van der Waals surface area contributed by atoms with Gasteiger partial charge in [-0.3, -0.25) is 0 Å². The number of benzene rings is 1. The van der Waals surface area contributed by atoms with Crippen molar-refractivity contribution in [3.63, 3.8) is 0 Å². The van der Waals surface area contributed by atoms with E-state index in [9.17, 15) is 4.79 Å². The van der Waals surface area contributed by atoms with E-state index in [-0.39, 0.29) is 5.76 Å². The predicted octanol–water partition coefficient (Wildman–Crippen LogP) is 3.16. The fourth-order valence-electron chi connectivity index (χ4n) is 1.88. The number of hydrogen-bond donors (Lipinski definition) is 0. The Labute approximate surface area is 103 Å². The normalized spacial score (nSPS) is 10.9. The SMILES string of the molecule is CCOC(=O)c1cc2cc3ccccc3nc2o1. The molecule has 1 aromatic carbocycles. The Morgan fingerprint density at radius 2 is 2.11 bits per heavy atom. The summed E-state index contributed by atoms with van der Waals surface area (Å²) in [5.41, 5.74) is 1.30. The van der Waals surface area contributed by atoms with Gasteiger partial charge in [0.05, 0.1) is 12.1 Å². The smallest absolute Gasteiger partial charge is 0.374 e. The van der Waals surface area contributed by atoms with Crippen LogP contribution >= 0.6 is 0 Å². The Bertz CT molecular complexity index is 678. The van der Waals surface area contributed by atoms with E-state index in [4.69, 9.17) is 9.15 Å². The first-order chi connectivity index (χ1) is 8.78. The maximum atomic E-state index is 11.6. The molecule has 0 radical (unpaired) electrons. The van der Waals surface area contributed by atoms with Gasteiger partial charge in [-0.2, -0.15) is 0 Å². The van der Waals surface area contributed by atoms with E-state index in [0.29, 0.717) is 12.3 Å². The summed E-state index contributed by atoms with van der Waals surface area (Å²) in [4.78, 5) is 15.9. The van der Waals surface area contributed by atoms with Crippen LogP contribution in [0.4, 0.5) is 0 Å². The van der Waals surface area contributed by atoms with Gasteiger partial charge in [0.2, 0.25) is 11.5 Å². The summed E-state index contributed by atoms with van der Waals surface area (Å²) in [7, 11) is 0. The van der Waals surface area contributed by atoms with Crippen LogP contribution in [0.2, 0.25) is 0 Å². The van der Waals surface area contributed by atoms with Crippen LogP contribution in [0.3, 0.4) is 0 Å². The number of carbonyl (C=O) groups is 1. The standard InChI is InChI=1S/C14H11NO3/c1-2-17-14(16)12-8-10-7-9-5-3-4-6-11(9)15-13(10)18-12/h3-8H,2H2,1H3. The quantitative estimate of drug-likeness (QED) is 0.647. The van der Waals surface area contributed by atoms with E-state index < -0.39 is 5.97 Å². The number of fused-ring (bicyclic) bond motifs is 2. The molecule has 0 N–H and O–H groups in total. The second-order valence-corrected chi connectivity index (χ2v) is 3.91. The van der Waals surface area contributed by atoms with Crippen LogP contribution < -0.4 is 0 Å². The number of aromatic nitrogens is 1. The van der Waals surface area contributed by atoms with Crippen molar-refractivity contribution in [2.24, 2.45) is 0 Å². The lowest BCUT2D eigenvalue weighted by atomic mass is 10.2. The van der Waals surface area contributed by atoms with E-state index >= 15 is 0 Å². The Balaban J connectivity index is 2.16. The van der Waals surface area contributed by atoms with Gasteiger partial charge in [-0.1, -0.05) is 18.2 Å². The molecule has 3 rings (SSSR count). The first kappa shape index (κ1) is 10.8. The summed E-state index contributed by atoms with van der Waals surface area (Å²) >= 11 is 0. The highest BCUT2D eigenvalue weighted by Crippen LogP contribution is 2.23. The lowest BCUT2D eigenvalue weighted by molar-refractivity contribution is 0.0492. The average molecular weight is 241 g/mol. The summed E-state index contributed by atoms with van der Waals surface area (Å²) in [6.45, 7) is 2.08. The summed E-state index contributed by atoms with van der Waals surface area (Å²) in [5, 5.41) is 1.82. The van der Waals surface area contributed by atoms with Crippen molar-refractivity contribution < 1.29 is 13.9 Å². The van der Waals surface area contributed by atoms with Crippen molar-refractivity contribution in [3.8, 4) is 0 Å². The summed E-state index contributed by atoms with van der Waals surface area (Å²) < 4.78 is 10.3. The number of pyridine rings is 1. The zero-order chi connectivity index (χ0) is 12.5. The van der Waals surface area contributed by atoms with E-state index in [1.165, 1.54) is 0 Å². The van der Waals surface area contributed by atoms with Gasteiger partial charge in [-0.05, 0) is 19.1 Å². The summed E-state index contributed by atoms with van der Waals surface area (Å²) in [6.07, 6.45) is 0. The maximum absolute atomic E-state index is 11.6. The molecule has 2 aromatic heterocycles. The third kappa shape index (κ3) is 1.72. The van der Waals surface area contributed by atoms with Gasteiger partial charge in [0.15, 0.2) is 0 Å². The second-order valence-electron chi connectivity index (χ2n) is 3.91. The molecule has 4 heteroatoms. The first-order valence-corrected chi connectivity index (χ1v) is 5.74. The lowest BCUT2D eigenvalue weighted by Gasteiger charge is -1.95. The van der Waals surface area contributed by atoms with E-state index in [0.717, 1.165) is 16.3 Å². The maximum Gasteiger partial charge on any atom is 0.374 e. The molecule has 3 aromatic rings. The molecule has 0 unspecified atom stereocenters. The lowest BCUT2D eigenvalue weighted by Crippen LogP contribution is -2.02. The van der Waals surface area contributed by atoms with Gasteiger partial charge in [0.25, 0.3) is 0 Å². The Morgan fingerprint density at radius 1 is 1.28 bits per heavy atom.